The van der Waals surface area contributed by atoms with Gasteiger partial charge >= 0.3 is 0 Å². The molecule has 94 valence electrons. The van der Waals surface area contributed by atoms with Crippen molar-refractivity contribution in [3.8, 4) is 0 Å². The third-order valence-electron chi connectivity index (χ3n) is 3.78. The minimum Gasteiger partial charge on any atom is -0.341 e. The minimum atomic E-state index is 0.506. The summed E-state index contributed by atoms with van der Waals surface area (Å²) in [6, 6.07) is 0. The van der Waals surface area contributed by atoms with Crippen molar-refractivity contribution in [2.45, 2.75) is 40.0 Å². The molecule has 2 rings (SSSR count). The Bertz CT molecular complexity index is 356. The summed E-state index contributed by atoms with van der Waals surface area (Å²) in [5, 5.41) is 0. The molecule has 0 spiro atoms. The molecule has 1 aliphatic rings. The predicted molar refractivity (Wildman–Crippen MR) is 71.3 cm³/mol. The van der Waals surface area contributed by atoms with E-state index in [-0.39, 0.29) is 0 Å². The van der Waals surface area contributed by atoms with Gasteiger partial charge in [-0.05, 0) is 29.7 Å². The molecular formula is C14H23N3. The Morgan fingerprint density at radius 3 is 2.29 bits per heavy atom. The topological polar surface area (TPSA) is 29.0 Å². The Morgan fingerprint density at radius 1 is 1.18 bits per heavy atom. The van der Waals surface area contributed by atoms with Crippen LogP contribution in [0.2, 0.25) is 0 Å². The van der Waals surface area contributed by atoms with Crippen molar-refractivity contribution in [2.75, 3.05) is 18.0 Å². The van der Waals surface area contributed by atoms with Gasteiger partial charge in [0.2, 0.25) is 5.95 Å². The van der Waals surface area contributed by atoms with Crippen molar-refractivity contribution in [1.29, 1.82) is 0 Å². The quantitative estimate of drug-likeness (QED) is 0.803. The zero-order valence-electron chi connectivity index (χ0n) is 11.3. The second-order valence-corrected chi connectivity index (χ2v) is 5.71. The maximum absolute atomic E-state index is 4.49. The van der Waals surface area contributed by atoms with Gasteiger partial charge < -0.3 is 4.90 Å². The normalized spacial score (nSPS) is 20.6. The second kappa shape index (κ2) is 5.03. The van der Waals surface area contributed by atoms with Gasteiger partial charge in [-0.25, -0.2) is 9.97 Å². The second-order valence-electron chi connectivity index (χ2n) is 5.71. The fourth-order valence-corrected chi connectivity index (χ4v) is 2.31. The van der Waals surface area contributed by atoms with E-state index in [9.17, 15) is 0 Å². The van der Waals surface area contributed by atoms with Crippen LogP contribution < -0.4 is 4.90 Å². The van der Waals surface area contributed by atoms with E-state index in [1.807, 2.05) is 12.4 Å². The molecule has 0 amide bonds. The van der Waals surface area contributed by atoms with Crippen molar-refractivity contribution < 1.29 is 0 Å². The first-order valence-corrected chi connectivity index (χ1v) is 6.64. The fourth-order valence-electron chi connectivity index (χ4n) is 2.31. The van der Waals surface area contributed by atoms with E-state index < -0.39 is 0 Å². The van der Waals surface area contributed by atoms with Crippen molar-refractivity contribution in [1.82, 2.24) is 9.97 Å². The van der Waals surface area contributed by atoms with Gasteiger partial charge in [0.05, 0.1) is 0 Å². The number of hydrogen-bond donors (Lipinski definition) is 0. The molecular weight excluding hydrogens is 210 g/mol. The summed E-state index contributed by atoms with van der Waals surface area (Å²) in [5.41, 5.74) is 1.22. The maximum Gasteiger partial charge on any atom is 0.225 e. The van der Waals surface area contributed by atoms with Gasteiger partial charge in [0, 0.05) is 25.5 Å². The van der Waals surface area contributed by atoms with Crippen molar-refractivity contribution in [3.63, 3.8) is 0 Å². The highest BCUT2D eigenvalue weighted by Gasteiger charge is 2.26. The van der Waals surface area contributed by atoms with Crippen LogP contribution in [0.4, 0.5) is 5.95 Å². The molecule has 3 nitrogen and oxygen atoms in total. The third kappa shape index (κ3) is 2.76. The monoisotopic (exact) mass is 233 g/mol. The van der Waals surface area contributed by atoms with E-state index in [2.05, 4.69) is 42.6 Å². The summed E-state index contributed by atoms with van der Waals surface area (Å²) in [5.74, 6) is 2.96. The summed E-state index contributed by atoms with van der Waals surface area (Å²) in [4.78, 5) is 11.3. The molecule has 0 radical (unpaired) electrons. The van der Waals surface area contributed by atoms with Gasteiger partial charge in [-0.1, -0.05) is 27.7 Å². The molecule has 2 heterocycles. The summed E-state index contributed by atoms with van der Waals surface area (Å²) < 4.78 is 0. The Hall–Kier alpha value is -1.12. The Kier molecular flexibility index (Phi) is 3.65. The molecule has 0 N–H and O–H groups in total. The van der Waals surface area contributed by atoms with Gasteiger partial charge in [0.1, 0.15) is 0 Å². The summed E-state index contributed by atoms with van der Waals surface area (Å²) in [7, 11) is 0. The lowest BCUT2D eigenvalue weighted by molar-refractivity contribution is 0.422. The van der Waals surface area contributed by atoms with E-state index in [0.29, 0.717) is 5.92 Å². The van der Waals surface area contributed by atoms with E-state index in [1.165, 1.54) is 12.0 Å². The molecule has 1 atom stereocenters. The molecule has 1 saturated heterocycles. The van der Waals surface area contributed by atoms with Gasteiger partial charge in [0.15, 0.2) is 0 Å². The maximum atomic E-state index is 4.49. The highest BCUT2D eigenvalue weighted by Crippen LogP contribution is 2.26. The first-order valence-electron chi connectivity index (χ1n) is 6.64. The molecule has 0 aromatic carbocycles. The molecule has 0 bridgehead atoms. The highest BCUT2D eigenvalue weighted by atomic mass is 15.3. The zero-order chi connectivity index (χ0) is 12.4. The predicted octanol–water partition coefficient (Wildman–Crippen LogP) is 3.08. The molecule has 1 unspecified atom stereocenters. The number of aromatic nitrogens is 2. The highest BCUT2D eigenvalue weighted by molar-refractivity contribution is 5.32. The fraction of sp³-hybridized carbons (Fsp3) is 0.714. The zero-order valence-corrected chi connectivity index (χ0v) is 11.3. The van der Waals surface area contributed by atoms with Crippen molar-refractivity contribution in [2.24, 2.45) is 11.8 Å². The Labute approximate surface area is 104 Å². The van der Waals surface area contributed by atoms with Crippen LogP contribution >= 0.6 is 0 Å². The lowest BCUT2D eigenvalue weighted by Gasteiger charge is -2.18. The van der Waals surface area contributed by atoms with E-state index in [4.69, 9.17) is 0 Å². The van der Waals surface area contributed by atoms with Crippen LogP contribution in [-0.4, -0.2) is 23.1 Å². The summed E-state index contributed by atoms with van der Waals surface area (Å²) in [6.45, 7) is 11.2. The Morgan fingerprint density at radius 2 is 1.82 bits per heavy atom. The molecule has 1 fully saturated rings. The SMILES string of the molecule is CC(C)c1cnc(N2CCC(C(C)C)C2)nc1. The van der Waals surface area contributed by atoms with Crippen LogP contribution in [0.25, 0.3) is 0 Å². The number of anilines is 1. The van der Waals surface area contributed by atoms with Crippen LogP contribution in [-0.2, 0) is 0 Å². The lowest BCUT2D eigenvalue weighted by Crippen LogP contribution is -2.23. The lowest BCUT2D eigenvalue weighted by atomic mass is 9.95. The van der Waals surface area contributed by atoms with Crippen molar-refractivity contribution >= 4 is 5.95 Å². The van der Waals surface area contributed by atoms with Crippen LogP contribution in [0.5, 0.6) is 0 Å². The van der Waals surface area contributed by atoms with Gasteiger partial charge in [0.25, 0.3) is 0 Å². The van der Waals surface area contributed by atoms with Crippen LogP contribution in [0.1, 0.15) is 45.6 Å². The first kappa shape index (κ1) is 12.3. The summed E-state index contributed by atoms with van der Waals surface area (Å²) >= 11 is 0. The van der Waals surface area contributed by atoms with Crippen LogP contribution in [0.15, 0.2) is 12.4 Å². The summed E-state index contributed by atoms with van der Waals surface area (Å²) in [6.07, 6.45) is 5.21. The van der Waals surface area contributed by atoms with Gasteiger partial charge in [-0.2, -0.15) is 0 Å². The largest absolute Gasteiger partial charge is 0.341 e. The van der Waals surface area contributed by atoms with Crippen LogP contribution in [0.3, 0.4) is 0 Å². The molecule has 0 saturated carbocycles. The minimum absolute atomic E-state index is 0.506. The molecule has 1 aliphatic heterocycles. The number of nitrogens with zero attached hydrogens (tertiary/aromatic N) is 3. The molecule has 1 aromatic heterocycles. The van der Waals surface area contributed by atoms with Crippen molar-refractivity contribution in [3.05, 3.63) is 18.0 Å². The third-order valence-corrected chi connectivity index (χ3v) is 3.78. The Balaban J connectivity index is 2.04. The average Bonchev–Trinajstić information content (AvgIpc) is 2.78. The van der Waals surface area contributed by atoms with E-state index >= 15 is 0 Å². The smallest absolute Gasteiger partial charge is 0.225 e. The number of hydrogen-bond acceptors (Lipinski definition) is 3. The van der Waals surface area contributed by atoms with E-state index in [1.54, 1.807) is 0 Å². The molecule has 1 aromatic rings. The molecule has 0 aliphatic carbocycles. The van der Waals surface area contributed by atoms with Gasteiger partial charge in [-0.15, -0.1) is 0 Å². The molecule has 3 heteroatoms. The molecule has 17 heavy (non-hydrogen) atoms. The standard InChI is InChI=1S/C14H23N3/c1-10(2)12-5-6-17(9-12)14-15-7-13(8-16-14)11(3)4/h7-8,10-12H,5-6,9H2,1-4H3. The number of rotatable bonds is 3. The average molecular weight is 233 g/mol. The first-order chi connectivity index (χ1) is 8.08. The van der Waals surface area contributed by atoms with Crippen LogP contribution in [0, 0.1) is 11.8 Å². The van der Waals surface area contributed by atoms with Gasteiger partial charge in [-0.3, -0.25) is 0 Å². The van der Waals surface area contributed by atoms with E-state index in [0.717, 1.165) is 30.9 Å².